The van der Waals surface area contributed by atoms with Gasteiger partial charge in [-0.15, -0.1) is 0 Å². The summed E-state index contributed by atoms with van der Waals surface area (Å²) < 4.78 is 21.2. The second-order valence-corrected chi connectivity index (χ2v) is 8.68. The number of carbonyl (C=O) groups excluding carboxylic acids is 1. The zero-order valence-corrected chi connectivity index (χ0v) is 19.3. The molecule has 0 aliphatic rings. The second kappa shape index (κ2) is 8.42. The van der Waals surface area contributed by atoms with E-state index < -0.39 is 5.82 Å². The van der Waals surface area contributed by atoms with Crippen LogP contribution in [0.15, 0.2) is 65.9 Å². The lowest BCUT2D eigenvalue weighted by Gasteiger charge is -2.10. The lowest BCUT2D eigenvalue weighted by atomic mass is 10.0. The number of nitrogens with zero attached hydrogens (tertiary/aromatic N) is 4. The molecule has 0 aliphatic carbocycles. The highest BCUT2D eigenvalue weighted by atomic mass is 19.1. The molecule has 178 valence electrons. The molecule has 3 N–H and O–H groups in total. The number of fused-ring (bicyclic) bond motifs is 2. The third kappa shape index (κ3) is 3.59. The van der Waals surface area contributed by atoms with E-state index in [1.165, 1.54) is 6.20 Å². The first kappa shape index (κ1) is 21.7. The molecule has 0 saturated heterocycles. The number of pyridine rings is 2. The molecule has 0 atom stereocenters. The van der Waals surface area contributed by atoms with E-state index in [4.69, 9.17) is 9.40 Å². The van der Waals surface area contributed by atoms with E-state index in [0.29, 0.717) is 50.4 Å². The van der Waals surface area contributed by atoms with Crippen molar-refractivity contribution in [1.82, 2.24) is 30.1 Å². The third-order valence-corrected chi connectivity index (χ3v) is 5.93. The fraction of sp³-hybridized carbons (Fsp3) is 0.115. The number of carbonyl (C=O) groups is 1. The van der Waals surface area contributed by atoms with E-state index in [9.17, 15) is 4.79 Å². The summed E-state index contributed by atoms with van der Waals surface area (Å²) in [5, 5.41) is 10.3. The normalized spacial score (nSPS) is 11.6. The number of aromatic nitrogens is 6. The number of imidazole rings is 1. The number of rotatable bonds is 5. The molecule has 10 heteroatoms. The van der Waals surface area contributed by atoms with E-state index in [1.807, 2.05) is 0 Å². The number of halogens is 1. The van der Waals surface area contributed by atoms with Crippen LogP contribution in [0, 0.1) is 11.7 Å². The molecule has 9 nitrogen and oxygen atoms in total. The first-order chi connectivity index (χ1) is 17.5. The van der Waals surface area contributed by atoms with Crippen LogP contribution in [0.4, 0.5) is 10.1 Å². The third-order valence-electron chi connectivity index (χ3n) is 5.93. The Morgan fingerprint density at radius 1 is 1.08 bits per heavy atom. The summed E-state index contributed by atoms with van der Waals surface area (Å²) in [6.45, 7) is 3.60. The van der Waals surface area contributed by atoms with Crippen LogP contribution >= 0.6 is 0 Å². The van der Waals surface area contributed by atoms with Gasteiger partial charge in [0, 0.05) is 35.0 Å². The standard InChI is InChI=1S/C26H20FN7O2/c1-13(2)26(35)30-16-9-15(10-28-11-16)17-3-4-18-20(21(17)27)24(34-33-18)25-31-19-5-7-29-22(23(19)32-25)14-6-8-36-12-14/h3-13H,1-2H3,(H,30,35)(H,31,32)(H,33,34). The number of anilines is 1. The van der Waals surface area contributed by atoms with E-state index in [1.54, 1.807) is 69.1 Å². The minimum atomic E-state index is -0.473. The van der Waals surface area contributed by atoms with Crippen LogP contribution in [-0.4, -0.2) is 36.0 Å². The smallest absolute Gasteiger partial charge is 0.226 e. The van der Waals surface area contributed by atoms with Crippen LogP contribution in [0.3, 0.4) is 0 Å². The summed E-state index contributed by atoms with van der Waals surface area (Å²) in [7, 11) is 0. The molecule has 6 rings (SSSR count). The minimum Gasteiger partial charge on any atom is -0.472 e. The first-order valence-corrected chi connectivity index (χ1v) is 11.3. The van der Waals surface area contributed by atoms with Crippen molar-refractivity contribution in [2.45, 2.75) is 13.8 Å². The van der Waals surface area contributed by atoms with Crippen molar-refractivity contribution >= 4 is 33.5 Å². The van der Waals surface area contributed by atoms with Gasteiger partial charge in [0.2, 0.25) is 5.91 Å². The summed E-state index contributed by atoms with van der Waals surface area (Å²) in [5.74, 6) is -0.403. The minimum absolute atomic E-state index is 0.142. The van der Waals surface area contributed by atoms with Gasteiger partial charge in [-0.25, -0.2) is 9.37 Å². The molecular weight excluding hydrogens is 461 g/mol. The van der Waals surface area contributed by atoms with Gasteiger partial charge in [-0.3, -0.25) is 19.9 Å². The summed E-state index contributed by atoms with van der Waals surface area (Å²) in [6, 6.07) is 8.71. The molecule has 0 saturated carbocycles. The maximum Gasteiger partial charge on any atom is 0.226 e. The fourth-order valence-electron chi connectivity index (χ4n) is 4.07. The average molecular weight is 481 g/mol. The summed E-state index contributed by atoms with van der Waals surface area (Å²) in [5.41, 5.74) is 5.02. The fourth-order valence-corrected chi connectivity index (χ4v) is 4.07. The van der Waals surface area contributed by atoms with Gasteiger partial charge in [-0.1, -0.05) is 13.8 Å². The largest absolute Gasteiger partial charge is 0.472 e. The Hall–Kier alpha value is -4.86. The first-order valence-electron chi connectivity index (χ1n) is 11.3. The van der Waals surface area contributed by atoms with E-state index >= 15 is 4.39 Å². The molecule has 36 heavy (non-hydrogen) atoms. The van der Waals surface area contributed by atoms with Gasteiger partial charge in [0.05, 0.1) is 40.8 Å². The highest BCUT2D eigenvalue weighted by Gasteiger charge is 2.21. The van der Waals surface area contributed by atoms with Gasteiger partial charge in [-0.2, -0.15) is 5.10 Å². The zero-order valence-electron chi connectivity index (χ0n) is 19.3. The Morgan fingerprint density at radius 3 is 2.78 bits per heavy atom. The SMILES string of the molecule is CC(C)C(=O)Nc1cncc(-c2ccc3[nH]nc(-c4nc5c(-c6ccoc6)nccc5[nH]4)c3c2F)c1. The Kier molecular flexibility index (Phi) is 5.06. The predicted molar refractivity (Wildman–Crippen MR) is 133 cm³/mol. The molecule has 0 spiro atoms. The molecule has 0 fully saturated rings. The van der Waals surface area contributed by atoms with Crippen molar-refractivity contribution in [3.63, 3.8) is 0 Å². The van der Waals surface area contributed by atoms with Gasteiger partial charge in [0.15, 0.2) is 5.82 Å². The van der Waals surface area contributed by atoms with Crippen molar-refractivity contribution in [2.24, 2.45) is 5.92 Å². The second-order valence-electron chi connectivity index (χ2n) is 8.68. The Bertz CT molecular complexity index is 1730. The van der Waals surface area contributed by atoms with Crippen molar-refractivity contribution in [3.05, 3.63) is 67.3 Å². The maximum absolute atomic E-state index is 16.0. The monoisotopic (exact) mass is 481 g/mol. The Balaban J connectivity index is 1.46. The van der Waals surface area contributed by atoms with Crippen LogP contribution in [0.25, 0.3) is 55.8 Å². The number of H-pyrrole nitrogens is 2. The van der Waals surface area contributed by atoms with Gasteiger partial charge >= 0.3 is 0 Å². The number of nitrogens with one attached hydrogen (secondary N) is 3. The van der Waals surface area contributed by atoms with Crippen molar-refractivity contribution in [2.75, 3.05) is 5.32 Å². The molecule has 0 unspecified atom stereocenters. The van der Waals surface area contributed by atoms with E-state index in [0.717, 1.165) is 11.1 Å². The summed E-state index contributed by atoms with van der Waals surface area (Å²) in [4.78, 5) is 28.6. The zero-order chi connectivity index (χ0) is 24.8. The van der Waals surface area contributed by atoms with Crippen LogP contribution < -0.4 is 5.32 Å². The van der Waals surface area contributed by atoms with Crippen LogP contribution in [-0.2, 0) is 4.79 Å². The van der Waals surface area contributed by atoms with E-state index in [-0.39, 0.29) is 11.8 Å². The lowest BCUT2D eigenvalue weighted by molar-refractivity contribution is -0.118. The number of hydrogen-bond donors (Lipinski definition) is 3. The van der Waals surface area contributed by atoms with Gasteiger partial charge in [-0.05, 0) is 30.3 Å². The molecule has 1 aromatic carbocycles. The van der Waals surface area contributed by atoms with Gasteiger partial charge in [0.25, 0.3) is 0 Å². The van der Waals surface area contributed by atoms with Crippen LogP contribution in [0.1, 0.15) is 13.8 Å². The summed E-state index contributed by atoms with van der Waals surface area (Å²) in [6.07, 6.45) is 7.92. The van der Waals surface area contributed by atoms with Gasteiger partial charge in [0.1, 0.15) is 22.7 Å². The molecule has 0 bridgehead atoms. The molecule has 0 aliphatic heterocycles. The van der Waals surface area contributed by atoms with Crippen LogP contribution in [0.5, 0.6) is 0 Å². The lowest BCUT2D eigenvalue weighted by Crippen LogP contribution is -2.17. The molecule has 1 amide bonds. The number of furan rings is 1. The number of hydrogen-bond acceptors (Lipinski definition) is 6. The summed E-state index contributed by atoms with van der Waals surface area (Å²) >= 11 is 0. The number of aromatic amines is 2. The van der Waals surface area contributed by atoms with Crippen molar-refractivity contribution in [3.8, 4) is 33.9 Å². The highest BCUT2D eigenvalue weighted by Crippen LogP contribution is 2.35. The van der Waals surface area contributed by atoms with Crippen molar-refractivity contribution in [1.29, 1.82) is 0 Å². The Labute approximate surface area is 203 Å². The predicted octanol–water partition coefficient (Wildman–Crippen LogP) is 5.56. The molecule has 6 aromatic rings. The number of benzene rings is 1. The molecule has 0 radical (unpaired) electrons. The van der Waals surface area contributed by atoms with E-state index in [2.05, 4.69) is 30.5 Å². The average Bonchev–Trinajstić information content (AvgIpc) is 3.63. The van der Waals surface area contributed by atoms with Gasteiger partial charge < -0.3 is 14.7 Å². The van der Waals surface area contributed by atoms with Crippen LogP contribution in [0.2, 0.25) is 0 Å². The maximum atomic E-state index is 16.0. The molecule has 5 aromatic heterocycles. The van der Waals surface area contributed by atoms with Crippen molar-refractivity contribution < 1.29 is 13.6 Å². The Morgan fingerprint density at radius 2 is 1.97 bits per heavy atom. The molecular formula is C26H20FN7O2. The molecule has 5 heterocycles. The topological polar surface area (TPSA) is 125 Å². The quantitative estimate of drug-likeness (QED) is 0.296. The highest BCUT2D eigenvalue weighted by molar-refractivity contribution is 5.98. The number of amides is 1.